The molecule has 1 heterocycles. The van der Waals surface area contributed by atoms with Crippen LogP contribution in [0.2, 0.25) is 0 Å². The number of nitrogen functional groups attached to an aromatic ring is 1. The Bertz CT molecular complexity index is 1200. The third-order valence-electron chi connectivity index (χ3n) is 5.10. The molecular weight excluding hydrogens is 418 g/mol. The quantitative estimate of drug-likeness (QED) is 0.522. The summed E-state index contributed by atoms with van der Waals surface area (Å²) in [4.78, 5) is 24.6. The van der Waals surface area contributed by atoms with E-state index in [0.29, 0.717) is 22.9 Å². The largest absolute Gasteiger partial charge is 0.412 e. The normalized spacial score (nSPS) is 14.9. The minimum atomic E-state index is -0.522. The molecule has 33 heavy (non-hydrogen) atoms. The Hall–Kier alpha value is -4.33. The number of benzene rings is 2. The summed E-state index contributed by atoms with van der Waals surface area (Å²) in [6, 6.07) is 16.4. The minimum Gasteiger partial charge on any atom is -0.411 e. The molecule has 1 aromatic heterocycles. The van der Waals surface area contributed by atoms with Gasteiger partial charge in [-0.15, -0.1) is 5.10 Å². The van der Waals surface area contributed by atoms with Crippen molar-refractivity contribution in [2.45, 2.75) is 19.9 Å². The number of hydrogen-bond acceptors (Lipinski definition) is 5. The lowest BCUT2D eigenvalue weighted by molar-refractivity contribution is 0.102. The van der Waals surface area contributed by atoms with Crippen LogP contribution in [0.5, 0.6) is 0 Å². The number of rotatable bonds is 6. The maximum atomic E-state index is 12.6. The van der Waals surface area contributed by atoms with Crippen LogP contribution in [0, 0.1) is 5.92 Å². The number of nitrogens with one attached hydrogen (secondary N) is 2. The van der Waals surface area contributed by atoms with Crippen LogP contribution in [0.25, 0.3) is 5.69 Å². The van der Waals surface area contributed by atoms with E-state index >= 15 is 0 Å². The number of carbonyl (C=O) groups excluding carboxylic acids is 2. The van der Waals surface area contributed by atoms with Crippen LogP contribution in [0.4, 0.5) is 16.3 Å². The molecule has 4 rings (SSSR count). The van der Waals surface area contributed by atoms with Gasteiger partial charge >= 0.3 is 6.09 Å². The summed E-state index contributed by atoms with van der Waals surface area (Å²) in [5, 5.41) is 9.80. The van der Waals surface area contributed by atoms with E-state index in [4.69, 9.17) is 10.5 Å². The second kappa shape index (κ2) is 9.86. The molecule has 1 aliphatic carbocycles. The van der Waals surface area contributed by atoms with Gasteiger partial charge in [0.1, 0.15) is 5.76 Å². The number of para-hydroxylation sites is 1. The van der Waals surface area contributed by atoms with Crippen LogP contribution in [-0.2, 0) is 11.3 Å². The molecule has 0 fully saturated rings. The SMILES string of the molecule is CC1C=C(OC(=O)NCc2ccc(C(=O)Nc3nn(-c4ccccc4)cc3N)cc2)C=CC1. The third kappa shape index (κ3) is 5.68. The Kier molecular flexibility index (Phi) is 6.54. The van der Waals surface area contributed by atoms with Gasteiger partial charge in [-0.3, -0.25) is 4.79 Å². The highest BCUT2D eigenvalue weighted by atomic mass is 16.6. The molecule has 8 heteroatoms. The van der Waals surface area contributed by atoms with E-state index in [2.05, 4.69) is 22.7 Å². The van der Waals surface area contributed by atoms with Crippen LogP contribution >= 0.6 is 0 Å². The number of nitrogens with two attached hydrogens (primary N) is 1. The van der Waals surface area contributed by atoms with Gasteiger partial charge in [-0.05, 0) is 54.3 Å². The second-order valence-corrected chi connectivity index (χ2v) is 7.79. The molecule has 0 aliphatic heterocycles. The molecule has 3 aromatic rings. The summed E-state index contributed by atoms with van der Waals surface area (Å²) in [5.74, 6) is 0.855. The molecular formula is C25H25N5O3. The highest BCUT2D eigenvalue weighted by Crippen LogP contribution is 2.20. The molecule has 0 saturated carbocycles. The zero-order chi connectivity index (χ0) is 23.2. The van der Waals surface area contributed by atoms with Gasteiger partial charge < -0.3 is 21.1 Å². The fourth-order valence-electron chi connectivity index (χ4n) is 3.34. The maximum absolute atomic E-state index is 12.6. The van der Waals surface area contributed by atoms with Gasteiger partial charge in [-0.2, -0.15) is 0 Å². The Balaban J connectivity index is 1.32. The summed E-state index contributed by atoms with van der Waals surface area (Å²) in [6.45, 7) is 2.34. The van der Waals surface area contributed by atoms with Crippen molar-refractivity contribution in [2.24, 2.45) is 5.92 Å². The average Bonchev–Trinajstić information content (AvgIpc) is 3.18. The van der Waals surface area contributed by atoms with Crippen molar-refractivity contribution in [1.82, 2.24) is 15.1 Å². The molecule has 1 aliphatic rings. The van der Waals surface area contributed by atoms with Gasteiger partial charge in [0.2, 0.25) is 0 Å². The predicted octanol–water partition coefficient (Wildman–Crippen LogP) is 4.41. The molecule has 0 bridgehead atoms. The smallest absolute Gasteiger partial charge is 0.411 e. The van der Waals surface area contributed by atoms with Crippen molar-refractivity contribution in [3.05, 3.63) is 95.9 Å². The molecule has 2 aromatic carbocycles. The zero-order valence-corrected chi connectivity index (χ0v) is 18.2. The Morgan fingerprint density at radius 1 is 1.15 bits per heavy atom. The van der Waals surface area contributed by atoms with Crippen LogP contribution in [0.1, 0.15) is 29.3 Å². The Morgan fingerprint density at radius 3 is 2.64 bits per heavy atom. The van der Waals surface area contributed by atoms with Gasteiger partial charge in [-0.25, -0.2) is 9.48 Å². The number of allylic oxidation sites excluding steroid dienone is 3. The van der Waals surface area contributed by atoms with Gasteiger partial charge in [0.15, 0.2) is 5.82 Å². The monoisotopic (exact) mass is 443 g/mol. The number of nitrogens with zero attached hydrogens (tertiary/aromatic N) is 2. The number of carbonyl (C=O) groups is 2. The lowest BCUT2D eigenvalue weighted by Gasteiger charge is -2.13. The second-order valence-electron chi connectivity index (χ2n) is 7.79. The summed E-state index contributed by atoms with van der Waals surface area (Å²) >= 11 is 0. The number of aromatic nitrogens is 2. The minimum absolute atomic E-state index is 0.279. The summed E-state index contributed by atoms with van der Waals surface area (Å²) in [7, 11) is 0. The van der Waals surface area contributed by atoms with Crippen LogP contribution < -0.4 is 16.4 Å². The molecule has 2 amide bonds. The molecule has 8 nitrogen and oxygen atoms in total. The first-order chi connectivity index (χ1) is 16.0. The molecule has 0 saturated heterocycles. The molecule has 4 N–H and O–H groups in total. The van der Waals surface area contributed by atoms with E-state index < -0.39 is 6.09 Å². The van der Waals surface area contributed by atoms with Crippen LogP contribution in [0.15, 0.2) is 84.8 Å². The summed E-state index contributed by atoms with van der Waals surface area (Å²) in [6.07, 6.45) is 7.77. The fraction of sp³-hybridized carbons (Fsp3) is 0.160. The van der Waals surface area contributed by atoms with Gasteiger partial charge in [-0.1, -0.05) is 43.3 Å². The molecule has 0 spiro atoms. The van der Waals surface area contributed by atoms with Crippen molar-refractivity contribution in [3.63, 3.8) is 0 Å². The lowest BCUT2D eigenvalue weighted by atomic mass is 10.0. The van der Waals surface area contributed by atoms with Crippen molar-refractivity contribution in [1.29, 1.82) is 0 Å². The highest BCUT2D eigenvalue weighted by molar-refractivity contribution is 6.05. The number of hydrogen-bond donors (Lipinski definition) is 3. The summed E-state index contributed by atoms with van der Waals surface area (Å²) < 4.78 is 6.91. The zero-order valence-electron chi connectivity index (χ0n) is 18.2. The highest BCUT2D eigenvalue weighted by Gasteiger charge is 2.13. The van der Waals surface area contributed by atoms with Crippen molar-refractivity contribution in [2.75, 3.05) is 11.1 Å². The number of ether oxygens (including phenoxy) is 1. The van der Waals surface area contributed by atoms with E-state index in [9.17, 15) is 9.59 Å². The fourth-order valence-corrected chi connectivity index (χ4v) is 3.34. The first-order valence-electron chi connectivity index (χ1n) is 10.6. The van der Waals surface area contributed by atoms with E-state index in [1.54, 1.807) is 41.2 Å². The first-order valence-corrected chi connectivity index (χ1v) is 10.6. The van der Waals surface area contributed by atoms with E-state index in [1.807, 2.05) is 42.5 Å². The van der Waals surface area contributed by atoms with E-state index in [0.717, 1.165) is 17.7 Å². The molecule has 0 radical (unpaired) electrons. The Labute approximate surface area is 191 Å². The number of amides is 2. The number of anilines is 2. The van der Waals surface area contributed by atoms with Gasteiger partial charge in [0.05, 0.1) is 17.6 Å². The van der Waals surface area contributed by atoms with E-state index in [-0.39, 0.29) is 18.3 Å². The molecule has 1 atom stereocenters. The lowest BCUT2D eigenvalue weighted by Crippen LogP contribution is -2.23. The standard InChI is InChI=1S/C25H25N5O3/c1-17-6-5-9-21(14-17)33-25(32)27-15-18-10-12-19(13-11-18)24(31)28-23-22(26)16-30(29-23)20-7-3-2-4-8-20/h2-5,7-14,16-17H,6,15,26H2,1H3,(H,27,32)(H,28,29,31). The predicted molar refractivity (Wildman–Crippen MR) is 127 cm³/mol. The van der Waals surface area contributed by atoms with Crippen molar-refractivity contribution in [3.8, 4) is 5.69 Å². The third-order valence-corrected chi connectivity index (χ3v) is 5.10. The van der Waals surface area contributed by atoms with Gasteiger partial charge in [0, 0.05) is 12.1 Å². The number of alkyl carbamates (subject to hydrolysis) is 1. The van der Waals surface area contributed by atoms with Crippen molar-refractivity contribution >= 4 is 23.5 Å². The molecule has 1 unspecified atom stereocenters. The van der Waals surface area contributed by atoms with Crippen LogP contribution in [0.3, 0.4) is 0 Å². The molecule has 168 valence electrons. The van der Waals surface area contributed by atoms with Crippen molar-refractivity contribution < 1.29 is 14.3 Å². The first kappa shape index (κ1) is 21.9. The van der Waals surface area contributed by atoms with Gasteiger partial charge in [0.25, 0.3) is 5.91 Å². The Morgan fingerprint density at radius 2 is 1.91 bits per heavy atom. The average molecular weight is 444 g/mol. The maximum Gasteiger partial charge on any atom is 0.412 e. The summed E-state index contributed by atoms with van der Waals surface area (Å²) in [5.41, 5.74) is 8.49. The van der Waals surface area contributed by atoms with Crippen LogP contribution in [-0.4, -0.2) is 21.8 Å². The topological polar surface area (TPSA) is 111 Å². The van der Waals surface area contributed by atoms with E-state index in [1.165, 1.54) is 0 Å².